The molecule has 1 heterocycles. The first-order valence-corrected chi connectivity index (χ1v) is 5.97. The minimum atomic E-state index is -0.256. The number of methoxy groups -OCH3 is 2. The summed E-state index contributed by atoms with van der Waals surface area (Å²) in [5.74, 6) is 1.53. The molecule has 0 unspecified atom stereocenters. The smallest absolute Gasteiger partial charge is 0.248 e. The number of anilines is 1. The summed E-state index contributed by atoms with van der Waals surface area (Å²) in [6.07, 6.45) is 4.54. The Hall–Kier alpha value is -2.69. The van der Waals surface area contributed by atoms with Gasteiger partial charge >= 0.3 is 0 Å². The number of ether oxygens (including phenoxy) is 2. The molecule has 20 heavy (non-hydrogen) atoms. The summed E-state index contributed by atoms with van der Waals surface area (Å²) in [4.78, 5) is 11.8. The van der Waals surface area contributed by atoms with Crippen molar-refractivity contribution in [3.63, 3.8) is 0 Å². The van der Waals surface area contributed by atoms with Crippen molar-refractivity contribution in [2.45, 2.75) is 0 Å². The van der Waals surface area contributed by atoms with E-state index < -0.39 is 0 Å². The van der Waals surface area contributed by atoms with Gasteiger partial charge in [-0.1, -0.05) is 0 Å². The molecule has 1 aromatic carbocycles. The molecule has 0 atom stereocenters. The summed E-state index contributed by atoms with van der Waals surface area (Å²) in [7, 11) is 3.10. The van der Waals surface area contributed by atoms with E-state index in [0.29, 0.717) is 22.9 Å². The lowest BCUT2D eigenvalue weighted by molar-refractivity contribution is -0.111. The van der Waals surface area contributed by atoms with Crippen LogP contribution in [-0.4, -0.2) is 20.1 Å². The largest absolute Gasteiger partial charge is 0.493 e. The Labute approximate surface area is 116 Å². The zero-order valence-corrected chi connectivity index (χ0v) is 11.3. The molecular weight excluding hydrogens is 258 g/mol. The molecule has 0 saturated heterocycles. The molecule has 0 fully saturated rings. The number of carbonyl (C=O) groups is 1. The van der Waals surface area contributed by atoms with Crippen LogP contribution in [0.5, 0.6) is 11.5 Å². The molecule has 2 aromatic rings. The van der Waals surface area contributed by atoms with Gasteiger partial charge < -0.3 is 19.2 Å². The second-order valence-corrected chi connectivity index (χ2v) is 3.91. The quantitative estimate of drug-likeness (QED) is 0.851. The summed E-state index contributed by atoms with van der Waals surface area (Å²) < 4.78 is 15.4. The minimum Gasteiger partial charge on any atom is -0.493 e. The van der Waals surface area contributed by atoms with Crippen molar-refractivity contribution >= 4 is 17.7 Å². The Morgan fingerprint density at radius 3 is 2.65 bits per heavy atom. The summed E-state index contributed by atoms with van der Waals surface area (Å²) >= 11 is 0. The number of hydrogen-bond donors (Lipinski definition) is 1. The number of benzene rings is 1. The number of furan rings is 1. The highest BCUT2D eigenvalue weighted by atomic mass is 16.5. The lowest BCUT2D eigenvalue weighted by atomic mass is 10.2. The Bertz CT molecular complexity index is 602. The predicted molar refractivity (Wildman–Crippen MR) is 75.9 cm³/mol. The second-order valence-electron chi connectivity index (χ2n) is 3.91. The van der Waals surface area contributed by atoms with Crippen molar-refractivity contribution in [1.29, 1.82) is 0 Å². The number of carbonyl (C=O) groups excluding carboxylic acids is 1. The van der Waals surface area contributed by atoms with Gasteiger partial charge in [-0.05, 0) is 30.3 Å². The van der Waals surface area contributed by atoms with Crippen molar-refractivity contribution in [2.24, 2.45) is 0 Å². The summed E-state index contributed by atoms with van der Waals surface area (Å²) in [6.45, 7) is 0. The molecule has 0 aliphatic heterocycles. The first-order chi connectivity index (χ1) is 9.72. The fourth-order valence-corrected chi connectivity index (χ4v) is 1.64. The van der Waals surface area contributed by atoms with Crippen molar-refractivity contribution in [2.75, 3.05) is 19.5 Å². The van der Waals surface area contributed by atoms with Crippen LogP contribution in [0.2, 0.25) is 0 Å². The average molecular weight is 273 g/mol. The van der Waals surface area contributed by atoms with Crippen LogP contribution >= 0.6 is 0 Å². The fourth-order valence-electron chi connectivity index (χ4n) is 1.64. The molecular formula is C15H15NO4. The number of hydrogen-bond acceptors (Lipinski definition) is 4. The molecule has 2 rings (SSSR count). The van der Waals surface area contributed by atoms with E-state index in [1.54, 1.807) is 56.9 Å². The molecule has 1 amide bonds. The van der Waals surface area contributed by atoms with E-state index >= 15 is 0 Å². The highest BCUT2D eigenvalue weighted by molar-refractivity contribution is 6.01. The van der Waals surface area contributed by atoms with Crippen LogP contribution in [0.3, 0.4) is 0 Å². The van der Waals surface area contributed by atoms with Gasteiger partial charge in [-0.15, -0.1) is 0 Å². The van der Waals surface area contributed by atoms with E-state index in [0.717, 1.165) is 0 Å². The molecule has 0 radical (unpaired) electrons. The van der Waals surface area contributed by atoms with Gasteiger partial charge in [0, 0.05) is 17.8 Å². The number of nitrogens with one attached hydrogen (secondary N) is 1. The van der Waals surface area contributed by atoms with E-state index in [4.69, 9.17) is 13.9 Å². The van der Waals surface area contributed by atoms with Crippen molar-refractivity contribution in [3.05, 3.63) is 48.4 Å². The molecule has 5 heteroatoms. The van der Waals surface area contributed by atoms with Gasteiger partial charge in [0.15, 0.2) is 11.5 Å². The van der Waals surface area contributed by atoms with Gasteiger partial charge in [0.2, 0.25) is 5.91 Å². The van der Waals surface area contributed by atoms with Crippen LogP contribution in [0.25, 0.3) is 6.08 Å². The molecule has 0 bridgehead atoms. The SMILES string of the molecule is COc1ccc(NC(=O)/C=C\c2ccco2)cc1OC. The Kier molecular flexibility index (Phi) is 4.44. The van der Waals surface area contributed by atoms with E-state index in [1.165, 1.54) is 6.08 Å². The maximum Gasteiger partial charge on any atom is 0.248 e. The molecule has 0 spiro atoms. The minimum absolute atomic E-state index is 0.256. The highest BCUT2D eigenvalue weighted by Gasteiger charge is 2.05. The Morgan fingerprint density at radius 1 is 1.20 bits per heavy atom. The van der Waals surface area contributed by atoms with Crippen LogP contribution in [0.1, 0.15) is 5.76 Å². The topological polar surface area (TPSA) is 60.7 Å². The zero-order valence-electron chi connectivity index (χ0n) is 11.3. The normalized spacial score (nSPS) is 10.5. The monoisotopic (exact) mass is 273 g/mol. The van der Waals surface area contributed by atoms with E-state index in [-0.39, 0.29) is 5.91 Å². The van der Waals surface area contributed by atoms with Crippen molar-refractivity contribution < 1.29 is 18.7 Å². The van der Waals surface area contributed by atoms with E-state index in [2.05, 4.69) is 5.32 Å². The summed E-state index contributed by atoms with van der Waals surface area (Å²) in [5.41, 5.74) is 0.622. The molecule has 0 aliphatic rings. The van der Waals surface area contributed by atoms with E-state index in [9.17, 15) is 4.79 Å². The average Bonchev–Trinajstić information content (AvgIpc) is 2.98. The standard InChI is InChI=1S/C15H15NO4/c1-18-13-7-5-11(10-14(13)19-2)16-15(17)8-6-12-4-3-9-20-12/h3-10H,1-2H3,(H,16,17)/b8-6-. The van der Waals surface area contributed by atoms with Gasteiger partial charge in [0.25, 0.3) is 0 Å². The van der Waals surface area contributed by atoms with Crippen LogP contribution in [0.15, 0.2) is 47.1 Å². The predicted octanol–water partition coefficient (Wildman–Crippen LogP) is 2.95. The van der Waals surface area contributed by atoms with Gasteiger partial charge in [0.05, 0.1) is 20.5 Å². The molecule has 1 N–H and O–H groups in total. The third-order valence-corrected chi connectivity index (χ3v) is 2.59. The lowest BCUT2D eigenvalue weighted by Crippen LogP contribution is -2.07. The summed E-state index contributed by atoms with van der Waals surface area (Å²) in [6, 6.07) is 8.67. The first-order valence-electron chi connectivity index (χ1n) is 5.97. The number of rotatable bonds is 5. The van der Waals surface area contributed by atoms with Crippen LogP contribution in [0, 0.1) is 0 Å². The molecule has 0 saturated carbocycles. The lowest BCUT2D eigenvalue weighted by Gasteiger charge is -2.09. The van der Waals surface area contributed by atoms with Crippen molar-refractivity contribution in [3.8, 4) is 11.5 Å². The van der Waals surface area contributed by atoms with Gasteiger partial charge in [-0.25, -0.2) is 0 Å². The second kappa shape index (κ2) is 6.47. The van der Waals surface area contributed by atoms with Gasteiger partial charge in [-0.2, -0.15) is 0 Å². The number of amides is 1. The Balaban J connectivity index is 2.04. The highest BCUT2D eigenvalue weighted by Crippen LogP contribution is 2.29. The maximum absolute atomic E-state index is 11.8. The Morgan fingerprint density at radius 2 is 2.00 bits per heavy atom. The molecule has 0 aliphatic carbocycles. The zero-order chi connectivity index (χ0) is 14.4. The summed E-state index contributed by atoms with van der Waals surface area (Å²) in [5, 5.41) is 2.73. The van der Waals surface area contributed by atoms with Gasteiger partial charge in [0.1, 0.15) is 5.76 Å². The van der Waals surface area contributed by atoms with Crippen LogP contribution in [-0.2, 0) is 4.79 Å². The molecule has 5 nitrogen and oxygen atoms in total. The third-order valence-electron chi connectivity index (χ3n) is 2.59. The fraction of sp³-hybridized carbons (Fsp3) is 0.133. The van der Waals surface area contributed by atoms with Crippen LogP contribution in [0.4, 0.5) is 5.69 Å². The van der Waals surface area contributed by atoms with E-state index in [1.807, 2.05) is 0 Å². The third kappa shape index (κ3) is 3.41. The maximum atomic E-state index is 11.8. The van der Waals surface area contributed by atoms with Gasteiger partial charge in [-0.3, -0.25) is 4.79 Å². The molecule has 1 aromatic heterocycles. The van der Waals surface area contributed by atoms with Crippen LogP contribution < -0.4 is 14.8 Å². The van der Waals surface area contributed by atoms with Crippen molar-refractivity contribution in [1.82, 2.24) is 0 Å². The first kappa shape index (κ1) is 13.7. The molecule has 104 valence electrons.